The molecule has 0 saturated carbocycles. The summed E-state index contributed by atoms with van der Waals surface area (Å²) in [7, 11) is 3.99. The van der Waals surface area contributed by atoms with Crippen LogP contribution in [0.5, 0.6) is 0 Å². The second kappa shape index (κ2) is 3.91. The number of hydrogen-bond acceptors (Lipinski definition) is 3. The Bertz CT molecular complexity index is 287. The van der Waals surface area contributed by atoms with E-state index in [-0.39, 0.29) is 0 Å². The van der Waals surface area contributed by atoms with Crippen LogP contribution in [0, 0.1) is 0 Å². The Balaban J connectivity index is 3.12. The van der Waals surface area contributed by atoms with E-state index >= 15 is 0 Å². The van der Waals surface area contributed by atoms with E-state index in [1.165, 1.54) is 0 Å². The normalized spacial score (nSPS) is 11.8. The average molecular weight is 197 g/mol. The van der Waals surface area contributed by atoms with Gasteiger partial charge in [0.25, 0.3) is 0 Å². The molecule has 0 aliphatic heterocycles. The molecule has 0 aromatic heterocycles. The van der Waals surface area contributed by atoms with Gasteiger partial charge in [-0.3, -0.25) is 0 Å². The molecule has 13 heavy (non-hydrogen) atoms. The van der Waals surface area contributed by atoms with E-state index in [0.717, 1.165) is 15.8 Å². The highest BCUT2D eigenvalue weighted by Crippen LogP contribution is 2.26. The molecule has 1 aromatic rings. The van der Waals surface area contributed by atoms with Crippen LogP contribution in [0.3, 0.4) is 0 Å². The Morgan fingerprint density at radius 1 is 1.23 bits per heavy atom. The van der Waals surface area contributed by atoms with E-state index in [4.69, 9.17) is 15.2 Å². The van der Waals surface area contributed by atoms with Gasteiger partial charge in [-0.05, 0) is 6.07 Å². The molecule has 3 nitrogen and oxygen atoms in total. The maximum absolute atomic E-state index is 5.82. The van der Waals surface area contributed by atoms with Crippen molar-refractivity contribution in [3.05, 3.63) is 29.8 Å². The van der Waals surface area contributed by atoms with Crippen LogP contribution in [0.4, 0.5) is 5.69 Å². The van der Waals surface area contributed by atoms with Crippen LogP contribution >= 0.6 is 0 Å². The minimum absolute atomic E-state index is 0.620. The topological polar surface area (TPSA) is 44.5 Å². The summed E-state index contributed by atoms with van der Waals surface area (Å²) in [6.07, 6.45) is 0. The number of methoxy groups -OCH3 is 2. The molecule has 0 radical (unpaired) electrons. The molecule has 0 saturated heterocycles. The Morgan fingerprint density at radius 2 is 1.77 bits per heavy atom. The van der Waals surface area contributed by atoms with Crippen LogP contribution in [0.2, 0.25) is 0 Å². The van der Waals surface area contributed by atoms with E-state index in [0.29, 0.717) is 5.69 Å². The fraction of sp³-hybridized carbons (Fsp3) is 0.333. The molecule has 2 N–H and O–H groups in total. The van der Waals surface area contributed by atoms with E-state index in [9.17, 15) is 0 Å². The maximum Gasteiger partial charge on any atom is 0.167 e. The number of rotatable bonds is 3. The highest BCUT2D eigenvalue weighted by atomic mass is 28.1. The number of anilines is 1. The summed E-state index contributed by atoms with van der Waals surface area (Å²) in [6, 6.07) is 7.60. The van der Waals surface area contributed by atoms with E-state index in [2.05, 4.69) is 0 Å². The molecule has 1 aromatic carbocycles. The third-order valence-corrected chi connectivity index (χ3v) is 3.58. The Hall–Kier alpha value is -0.843. The van der Waals surface area contributed by atoms with E-state index in [1.54, 1.807) is 14.2 Å². The summed E-state index contributed by atoms with van der Waals surface area (Å²) in [5, 5.41) is 0. The van der Waals surface area contributed by atoms with Crippen LogP contribution in [0.15, 0.2) is 24.3 Å². The van der Waals surface area contributed by atoms with Gasteiger partial charge in [-0.25, -0.2) is 0 Å². The number of benzene rings is 1. The quantitative estimate of drug-likeness (QED) is 0.423. The first-order chi connectivity index (χ1) is 6.14. The predicted octanol–water partition coefficient (Wildman–Crippen LogP) is 0.0373. The van der Waals surface area contributed by atoms with Gasteiger partial charge in [0.2, 0.25) is 0 Å². The highest BCUT2D eigenvalue weighted by molar-refractivity contribution is 6.14. The molecule has 4 heteroatoms. The van der Waals surface area contributed by atoms with Gasteiger partial charge in [-0.2, -0.15) is 0 Å². The third kappa shape index (κ3) is 1.91. The van der Waals surface area contributed by atoms with Gasteiger partial charge in [0.1, 0.15) is 0 Å². The van der Waals surface area contributed by atoms with Crippen molar-refractivity contribution in [1.82, 2.24) is 0 Å². The van der Waals surface area contributed by atoms with Gasteiger partial charge < -0.3 is 15.2 Å². The molecule has 0 spiro atoms. The molecule has 0 fully saturated rings. The van der Waals surface area contributed by atoms with Crippen LogP contribution < -0.4 is 5.73 Å². The number of nitrogens with two attached hydrogens (primary N) is 1. The lowest BCUT2D eigenvalue weighted by Gasteiger charge is -2.28. The molecule has 0 bridgehead atoms. The van der Waals surface area contributed by atoms with Crippen LogP contribution in [-0.2, 0) is 14.9 Å². The molecule has 0 amide bonds. The molecule has 0 aliphatic rings. The van der Waals surface area contributed by atoms with Crippen molar-refractivity contribution in [3.8, 4) is 0 Å². The molecular weight excluding hydrogens is 182 g/mol. The summed E-state index contributed by atoms with van der Waals surface area (Å²) in [5.41, 5.74) is 6.82. The minimum Gasteiger partial charge on any atom is -0.398 e. The molecular formula is C9H15NO2Si. The molecule has 0 heterocycles. The van der Waals surface area contributed by atoms with Crippen molar-refractivity contribution in [3.63, 3.8) is 0 Å². The van der Waals surface area contributed by atoms with Crippen molar-refractivity contribution < 1.29 is 9.47 Å². The molecule has 72 valence electrons. The van der Waals surface area contributed by atoms with E-state index < -0.39 is 5.41 Å². The standard InChI is InChI=1S/C9H15NO2Si/c1-11-9(13,12-2)7-5-3-4-6-8(7)10/h3-6H,10H2,1-2,13H3. The van der Waals surface area contributed by atoms with Crippen molar-refractivity contribution in [1.29, 1.82) is 0 Å². The van der Waals surface area contributed by atoms with Crippen LogP contribution in [-0.4, -0.2) is 24.5 Å². The predicted molar refractivity (Wildman–Crippen MR) is 56.5 cm³/mol. The molecule has 0 unspecified atom stereocenters. The third-order valence-electron chi connectivity index (χ3n) is 2.23. The highest BCUT2D eigenvalue weighted by Gasteiger charge is 2.26. The Kier molecular flexibility index (Phi) is 3.08. The number of ether oxygens (including phenoxy) is 2. The zero-order valence-corrected chi connectivity index (χ0v) is 10.2. The van der Waals surface area contributed by atoms with Gasteiger partial charge in [-0.1, -0.05) is 18.2 Å². The van der Waals surface area contributed by atoms with Gasteiger partial charge in [0.05, 0.1) is 10.2 Å². The summed E-state index contributed by atoms with van der Waals surface area (Å²) in [4.78, 5) is 0. The first-order valence-electron chi connectivity index (χ1n) is 4.09. The summed E-state index contributed by atoms with van der Waals surface area (Å²) in [6.45, 7) is 0. The van der Waals surface area contributed by atoms with Gasteiger partial charge >= 0.3 is 0 Å². The fourth-order valence-corrected chi connectivity index (χ4v) is 1.67. The maximum atomic E-state index is 5.82. The number of hydrogen-bond donors (Lipinski definition) is 1. The lowest BCUT2D eigenvalue weighted by molar-refractivity contribution is -0.148. The van der Waals surface area contributed by atoms with Crippen LogP contribution in [0.1, 0.15) is 5.56 Å². The van der Waals surface area contributed by atoms with Gasteiger partial charge in [0, 0.05) is 25.5 Å². The van der Waals surface area contributed by atoms with Crippen LogP contribution in [0.25, 0.3) is 0 Å². The van der Waals surface area contributed by atoms with Gasteiger partial charge in [-0.15, -0.1) is 0 Å². The molecule has 1 rings (SSSR count). The second-order valence-corrected chi connectivity index (χ2v) is 4.26. The lowest BCUT2D eigenvalue weighted by Crippen LogP contribution is -2.31. The molecule has 0 atom stereocenters. The minimum atomic E-state index is -0.620. The van der Waals surface area contributed by atoms with Crippen molar-refractivity contribution in [2.24, 2.45) is 0 Å². The fourth-order valence-electron chi connectivity index (χ4n) is 1.21. The Morgan fingerprint density at radius 3 is 2.23 bits per heavy atom. The smallest absolute Gasteiger partial charge is 0.167 e. The zero-order valence-electron chi connectivity index (χ0n) is 8.20. The zero-order chi connectivity index (χ0) is 9.90. The number of para-hydroxylation sites is 1. The average Bonchev–Trinajstić information content (AvgIpc) is 2.17. The summed E-state index contributed by atoms with van der Waals surface area (Å²) < 4.78 is 10.6. The SMILES string of the molecule is COC([SiH3])(OC)c1ccccc1N. The first kappa shape index (κ1) is 10.2. The van der Waals surface area contributed by atoms with Crippen molar-refractivity contribution >= 4 is 15.9 Å². The first-order valence-corrected chi connectivity index (χ1v) is 5.09. The van der Waals surface area contributed by atoms with Crippen molar-refractivity contribution in [2.75, 3.05) is 20.0 Å². The van der Waals surface area contributed by atoms with Gasteiger partial charge in [0.15, 0.2) is 5.41 Å². The summed E-state index contributed by atoms with van der Waals surface area (Å²) >= 11 is 0. The van der Waals surface area contributed by atoms with Crippen molar-refractivity contribution in [2.45, 2.75) is 5.41 Å². The largest absolute Gasteiger partial charge is 0.398 e. The second-order valence-electron chi connectivity index (χ2n) is 2.94. The van der Waals surface area contributed by atoms with E-state index in [1.807, 2.05) is 24.3 Å². The monoisotopic (exact) mass is 197 g/mol. The number of nitrogen functional groups attached to an aromatic ring is 1. The lowest BCUT2D eigenvalue weighted by atomic mass is 10.1. The Labute approximate surface area is 81.3 Å². The molecule has 0 aliphatic carbocycles. The summed E-state index contributed by atoms with van der Waals surface area (Å²) in [5.74, 6) is 0.